The number of aromatic nitrogens is 3. The van der Waals surface area contributed by atoms with Crippen molar-refractivity contribution < 1.29 is 9.59 Å². The van der Waals surface area contributed by atoms with Crippen LogP contribution >= 0.6 is 0 Å². The van der Waals surface area contributed by atoms with Crippen LogP contribution in [0.2, 0.25) is 0 Å². The molecule has 148 valence electrons. The molecule has 0 bridgehead atoms. The highest BCUT2D eigenvalue weighted by Gasteiger charge is 2.23. The third-order valence-electron chi connectivity index (χ3n) is 4.82. The van der Waals surface area contributed by atoms with Gasteiger partial charge >= 0.3 is 0 Å². The van der Waals surface area contributed by atoms with Crippen molar-refractivity contribution in [1.82, 2.24) is 19.4 Å². The Morgan fingerprint density at radius 3 is 2.38 bits per heavy atom. The molecule has 0 atom stereocenters. The van der Waals surface area contributed by atoms with Crippen molar-refractivity contribution >= 4 is 23.2 Å². The molecule has 1 aromatic carbocycles. The summed E-state index contributed by atoms with van der Waals surface area (Å²) in [5.74, 6) is 0.397. The molecule has 1 fully saturated rings. The molecule has 0 saturated carbocycles. The molecule has 1 saturated heterocycles. The molecule has 8 heteroatoms. The zero-order valence-corrected chi connectivity index (χ0v) is 16.2. The normalized spacial score (nSPS) is 14.0. The van der Waals surface area contributed by atoms with Gasteiger partial charge in [0.2, 0.25) is 5.91 Å². The largest absolute Gasteiger partial charge is 0.368 e. The second kappa shape index (κ2) is 8.14. The maximum atomic E-state index is 12.8. The first kappa shape index (κ1) is 18.7. The van der Waals surface area contributed by atoms with E-state index in [4.69, 9.17) is 0 Å². The van der Waals surface area contributed by atoms with Crippen LogP contribution in [0, 0.1) is 0 Å². The van der Waals surface area contributed by atoms with Crippen LogP contribution in [0.5, 0.6) is 0 Å². The van der Waals surface area contributed by atoms with Crippen LogP contribution < -0.4 is 10.2 Å². The number of anilines is 2. The zero-order valence-electron chi connectivity index (χ0n) is 16.2. The highest BCUT2D eigenvalue weighted by Crippen LogP contribution is 2.17. The Labute approximate surface area is 168 Å². The van der Waals surface area contributed by atoms with Crippen LogP contribution in [0.15, 0.2) is 61.2 Å². The van der Waals surface area contributed by atoms with E-state index in [1.807, 2.05) is 23.1 Å². The van der Waals surface area contributed by atoms with Crippen LogP contribution in [-0.2, 0) is 4.79 Å². The molecule has 2 amide bonds. The van der Waals surface area contributed by atoms with E-state index >= 15 is 0 Å². The molecule has 1 aliphatic rings. The molecule has 29 heavy (non-hydrogen) atoms. The summed E-state index contributed by atoms with van der Waals surface area (Å²) in [7, 11) is 0. The van der Waals surface area contributed by atoms with E-state index in [1.165, 1.54) is 12.6 Å². The molecule has 1 aliphatic heterocycles. The molecule has 3 heterocycles. The number of rotatable bonds is 4. The zero-order chi connectivity index (χ0) is 20.2. The van der Waals surface area contributed by atoms with E-state index in [9.17, 15) is 9.59 Å². The second-order valence-corrected chi connectivity index (χ2v) is 6.87. The predicted molar refractivity (Wildman–Crippen MR) is 110 cm³/mol. The Morgan fingerprint density at radius 1 is 0.966 bits per heavy atom. The van der Waals surface area contributed by atoms with Crippen LogP contribution in [0.3, 0.4) is 0 Å². The molecule has 4 rings (SSSR count). The van der Waals surface area contributed by atoms with Gasteiger partial charge in [-0.15, -0.1) is 0 Å². The van der Waals surface area contributed by atoms with Crippen LogP contribution in [0.25, 0.3) is 5.82 Å². The lowest BCUT2D eigenvalue weighted by Crippen LogP contribution is -2.48. The molecular formula is C21H22N6O2. The molecule has 2 aromatic heterocycles. The summed E-state index contributed by atoms with van der Waals surface area (Å²) < 4.78 is 1.70. The molecule has 8 nitrogen and oxygen atoms in total. The lowest BCUT2D eigenvalue weighted by atomic mass is 10.2. The van der Waals surface area contributed by atoms with Gasteiger partial charge in [-0.25, -0.2) is 9.97 Å². The molecule has 0 unspecified atom stereocenters. The Morgan fingerprint density at radius 2 is 1.72 bits per heavy atom. The number of para-hydroxylation sites is 1. The second-order valence-electron chi connectivity index (χ2n) is 6.87. The van der Waals surface area contributed by atoms with Crippen LogP contribution in [0.1, 0.15) is 17.4 Å². The quantitative estimate of drug-likeness (QED) is 0.738. The van der Waals surface area contributed by atoms with Crippen molar-refractivity contribution in [3.05, 3.63) is 66.9 Å². The third-order valence-corrected chi connectivity index (χ3v) is 4.82. The van der Waals surface area contributed by atoms with E-state index < -0.39 is 0 Å². The van der Waals surface area contributed by atoms with Crippen molar-refractivity contribution in [2.24, 2.45) is 0 Å². The van der Waals surface area contributed by atoms with Crippen molar-refractivity contribution in [3.63, 3.8) is 0 Å². The molecule has 1 N–H and O–H groups in total. The van der Waals surface area contributed by atoms with Gasteiger partial charge in [0, 0.05) is 45.0 Å². The number of pyridine rings is 1. The maximum absolute atomic E-state index is 12.8. The minimum absolute atomic E-state index is 0.0775. The Bertz CT molecular complexity index is 992. The lowest BCUT2D eigenvalue weighted by Gasteiger charge is -2.35. The van der Waals surface area contributed by atoms with E-state index in [-0.39, 0.29) is 11.8 Å². The number of hydrogen-bond donors (Lipinski definition) is 1. The van der Waals surface area contributed by atoms with Crippen molar-refractivity contribution in [3.8, 4) is 5.82 Å². The van der Waals surface area contributed by atoms with Crippen molar-refractivity contribution in [1.29, 1.82) is 0 Å². The Balaban J connectivity index is 1.39. The number of hydrogen-bond acceptors (Lipinski definition) is 5. The van der Waals surface area contributed by atoms with E-state index in [2.05, 4.69) is 32.3 Å². The van der Waals surface area contributed by atoms with Gasteiger partial charge in [-0.3, -0.25) is 14.2 Å². The number of amides is 2. The summed E-state index contributed by atoms with van der Waals surface area (Å²) in [5.41, 5.74) is 2.19. The third kappa shape index (κ3) is 4.26. The number of carbonyl (C=O) groups excluding carboxylic acids is 2. The lowest BCUT2D eigenvalue weighted by molar-refractivity contribution is -0.114. The summed E-state index contributed by atoms with van der Waals surface area (Å²) >= 11 is 0. The maximum Gasteiger partial charge on any atom is 0.274 e. The molecule has 0 spiro atoms. The van der Waals surface area contributed by atoms with Crippen molar-refractivity contribution in [2.45, 2.75) is 6.92 Å². The Kier molecular flexibility index (Phi) is 5.24. The smallest absolute Gasteiger partial charge is 0.274 e. The molecule has 0 aliphatic carbocycles. The molecular weight excluding hydrogens is 368 g/mol. The average molecular weight is 390 g/mol. The van der Waals surface area contributed by atoms with Gasteiger partial charge in [0.25, 0.3) is 5.91 Å². The van der Waals surface area contributed by atoms with E-state index in [1.54, 1.807) is 35.4 Å². The van der Waals surface area contributed by atoms with Gasteiger partial charge in [0.15, 0.2) is 0 Å². The number of carbonyl (C=O) groups is 2. The van der Waals surface area contributed by atoms with Gasteiger partial charge in [-0.1, -0.05) is 18.2 Å². The van der Waals surface area contributed by atoms with Gasteiger partial charge in [-0.05, 0) is 24.3 Å². The highest BCUT2D eigenvalue weighted by atomic mass is 16.2. The van der Waals surface area contributed by atoms with E-state index in [0.29, 0.717) is 30.3 Å². The number of nitrogens with zero attached hydrogens (tertiary/aromatic N) is 5. The van der Waals surface area contributed by atoms with Gasteiger partial charge in [0.05, 0.1) is 11.9 Å². The number of piperazine rings is 1. The number of imidazole rings is 1. The fraction of sp³-hybridized carbons (Fsp3) is 0.238. The fourth-order valence-electron chi connectivity index (χ4n) is 3.34. The topological polar surface area (TPSA) is 83.4 Å². The minimum Gasteiger partial charge on any atom is -0.368 e. The standard InChI is InChI=1S/C21H22N6O2/c1-16(28)24-17-7-8-20(22-13-17)27-14-19(23-15-27)21(29)26-11-9-25(10-12-26)18-5-3-2-4-6-18/h2-8,13-15H,9-12H2,1H3,(H,24,28). The van der Waals surface area contributed by atoms with Crippen LogP contribution in [-0.4, -0.2) is 57.4 Å². The summed E-state index contributed by atoms with van der Waals surface area (Å²) in [4.78, 5) is 36.6. The van der Waals surface area contributed by atoms with Crippen LogP contribution in [0.4, 0.5) is 11.4 Å². The summed E-state index contributed by atoms with van der Waals surface area (Å²) in [6, 6.07) is 13.7. The van der Waals surface area contributed by atoms with Gasteiger partial charge in [0.1, 0.15) is 17.8 Å². The Hall–Kier alpha value is -3.68. The number of benzene rings is 1. The highest BCUT2D eigenvalue weighted by molar-refractivity contribution is 5.92. The molecule has 3 aromatic rings. The van der Waals surface area contributed by atoms with Gasteiger partial charge in [-0.2, -0.15) is 0 Å². The summed E-state index contributed by atoms with van der Waals surface area (Å²) in [5, 5.41) is 2.67. The monoisotopic (exact) mass is 390 g/mol. The SMILES string of the molecule is CC(=O)Nc1ccc(-n2cnc(C(=O)N3CCN(c4ccccc4)CC3)c2)nc1. The predicted octanol–water partition coefficient (Wildman–Crippen LogP) is 2.19. The first-order chi connectivity index (χ1) is 14.1. The fourth-order valence-corrected chi connectivity index (χ4v) is 3.34. The van der Waals surface area contributed by atoms with Gasteiger partial charge < -0.3 is 15.1 Å². The van der Waals surface area contributed by atoms with E-state index in [0.717, 1.165) is 13.1 Å². The summed E-state index contributed by atoms with van der Waals surface area (Å²) in [6.07, 6.45) is 4.83. The average Bonchev–Trinajstić information content (AvgIpc) is 3.24. The first-order valence-electron chi connectivity index (χ1n) is 9.47. The number of nitrogens with one attached hydrogen (secondary N) is 1. The molecule has 0 radical (unpaired) electrons. The summed E-state index contributed by atoms with van der Waals surface area (Å²) in [6.45, 7) is 4.35. The van der Waals surface area contributed by atoms with Crippen molar-refractivity contribution in [2.75, 3.05) is 36.4 Å². The minimum atomic E-state index is -0.151. The first-order valence-corrected chi connectivity index (χ1v) is 9.47.